The largest absolute Gasteiger partial charge is 0.327 e. The average Bonchev–Trinajstić information content (AvgIpc) is 2.63. The summed E-state index contributed by atoms with van der Waals surface area (Å²) in [4.78, 5) is 35.6. The lowest BCUT2D eigenvalue weighted by atomic mass is 9.94. The smallest absolute Gasteiger partial charge is 0.319 e. The highest BCUT2D eigenvalue weighted by atomic mass is 16.6. The van der Waals surface area contributed by atoms with Gasteiger partial charge in [-0.2, -0.15) is 0 Å². The predicted molar refractivity (Wildman–Crippen MR) is 105 cm³/mol. The number of carbonyl (C=O) groups excluding carboxylic acids is 2. The summed E-state index contributed by atoms with van der Waals surface area (Å²) < 4.78 is 0. The third-order valence-electron chi connectivity index (χ3n) is 4.56. The standard InChI is InChI=1S/C20H20N4O4/c1-11-7-8-16(12(2)9-11)22-19(25)17-13(3)21-20(26)23-18(17)14-5-4-6-15(10-14)24(27)28/h4-10,18H,1-3H3,(H,22,25)(H2,21,23,26)/t18-/m1/s1. The van der Waals surface area contributed by atoms with E-state index in [1.165, 1.54) is 18.2 Å². The average molecular weight is 380 g/mol. The zero-order chi connectivity index (χ0) is 20.4. The van der Waals surface area contributed by atoms with Crippen molar-refractivity contribution in [2.75, 3.05) is 5.32 Å². The SMILES string of the molecule is CC1=C(C(=O)Nc2ccc(C)cc2C)[C@@H](c2cccc([N+](=O)[O-])c2)NC(=O)N1. The number of hydrogen-bond acceptors (Lipinski definition) is 4. The van der Waals surface area contributed by atoms with Crippen molar-refractivity contribution >= 4 is 23.3 Å². The molecule has 0 saturated carbocycles. The molecule has 3 rings (SSSR count). The van der Waals surface area contributed by atoms with E-state index >= 15 is 0 Å². The van der Waals surface area contributed by atoms with Crippen molar-refractivity contribution < 1.29 is 14.5 Å². The van der Waals surface area contributed by atoms with E-state index in [1.54, 1.807) is 13.0 Å². The zero-order valence-electron chi connectivity index (χ0n) is 15.7. The van der Waals surface area contributed by atoms with Gasteiger partial charge in [0.25, 0.3) is 11.6 Å². The van der Waals surface area contributed by atoms with Gasteiger partial charge in [0.1, 0.15) is 0 Å². The van der Waals surface area contributed by atoms with Crippen LogP contribution in [0, 0.1) is 24.0 Å². The Morgan fingerprint density at radius 3 is 2.57 bits per heavy atom. The Balaban J connectivity index is 1.98. The Morgan fingerprint density at radius 2 is 1.89 bits per heavy atom. The van der Waals surface area contributed by atoms with Crippen molar-refractivity contribution in [3.8, 4) is 0 Å². The summed E-state index contributed by atoms with van der Waals surface area (Å²) in [6.45, 7) is 5.48. The fourth-order valence-electron chi connectivity index (χ4n) is 3.21. The number of aryl methyl sites for hydroxylation is 2. The lowest BCUT2D eigenvalue weighted by Crippen LogP contribution is -2.46. The molecule has 0 fully saturated rings. The number of nitro groups is 1. The summed E-state index contributed by atoms with van der Waals surface area (Å²) >= 11 is 0. The second-order valence-corrected chi connectivity index (χ2v) is 6.69. The van der Waals surface area contributed by atoms with E-state index in [0.717, 1.165) is 11.1 Å². The Hall–Kier alpha value is -3.68. The summed E-state index contributed by atoms with van der Waals surface area (Å²) in [6, 6.07) is 10.3. The van der Waals surface area contributed by atoms with Gasteiger partial charge in [-0.3, -0.25) is 14.9 Å². The Labute approximate surface area is 161 Å². The fraction of sp³-hybridized carbons (Fsp3) is 0.200. The van der Waals surface area contributed by atoms with Gasteiger partial charge >= 0.3 is 6.03 Å². The molecule has 0 spiro atoms. The van der Waals surface area contributed by atoms with Crippen LogP contribution in [-0.2, 0) is 4.79 Å². The summed E-state index contributed by atoms with van der Waals surface area (Å²) in [7, 11) is 0. The molecule has 3 amide bonds. The van der Waals surface area contributed by atoms with E-state index in [4.69, 9.17) is 0 Å². The molecule has 0 aliphatic carbocycles. The van der Waals surface area contributed by atoms with Crippen molar-refractivity contribution in [2.45, 2.75) is 26.8 Å². The highest BCUT2D eigenvalue weighted by Gasteiger charge is 2.32. The Bertz CT molecular complexity index is 1010. The van der Waals surface area contributed by atoms with Crippen LogP contribution in [0.15, 0.2) is 53.7 Å². The second kappa shape index (κ2) is 7.51. The van der Waals surface area contributed by atoms with Crippen molar-refractivity contribution in [1.82, 2.24) is 10.6 Å². The molecule has 1 atom stereocenters. The molecule has 0 bridgehead atoms. The van der Waals surface area contributed by atoms with Crippen LogP contribution in [0.2, 0.25) is 0 Å². The van der Waals surface area contributed by atoms with Gasteiger partial charge in [0.05, 0.1) is 16.5 Å². The molecule has 8 heteroatoms. The normalized spacial score (nSPS) is 16.2. The minimum absolute atomic E-state index is 0.114. The Kier molecular flexibility index (Phi) is 5.12. The minimum atomic E-state index is -0.806. The molecule has 0 aromatic heterocycles. The monoisotopic (exact) mass is 380 g/mol. The molecule has 0 radical (unpaired) electrons. The van der Waals surface area contributed by atoms with E-state index in [9.17, 15) is 19.7 Å². The van der Waals surface area contributed by atoms with Crippen LogP contribution in [0.25, 0.3) is 0 Å². The quantitative estimate of drug-likeness (QED) is 0.556. The molecule has 0 saturated heterocycles. The van der Waals surface area contributed by atoms with Gasteiger partial charge in [0, 0.05) is 23.5 Å². The number of nitrogens with zero attached hydrogens (tertiary/aromatic N) is 1. The minimum Gasteiger partial charge on any atom is -0.327 e. The molecule has 2 aromatic carbocycles. The highest BCUT2D eigenvalue weighted by molar-refractivity contribution is 6.07. The number of urea groups is 1. The van der Waals surface area contributed by atoms with Crippen molar-refractivity contribution in [2.24, 2.45) is 0 Å². The third kappa shape index (κ3) is 3.85. The van der Waals surface area contributed by atoms with Crippen LogP contribution in [0.1, 0.15) is 29.7 Å². The van der Waals surface area contributed by atoms with E-state index in [0.29, 0.717) is 22.5 Å². The van der Waals surface area contributed by atoms with E-state index in [1.807, 2.05) is 32.0 Å². The molecule has 8 nitrogen and oxygen atoms in total. The molecule has 28 heavy (non-hydrogen) atoms. The number of benzene rings is 2. The van der Waals surface area contributed by atoms with Gasteiger partial charge in [-0.05, 0) is 38.0 Å². The van der Waals surface area contributed by atoms with Crippen LogP contribution >= 0.6 is 0 Å². The predicted octanol–water partition coefficient (Wildman–Crippen LogP) is 3.48. The van der Waals surface area contributed by atoms with Crippen LogP contribution in [0.5, 0.6) is 0 Å². The van der Waals surface area contributed by atoms with Gasteiger partial charge in [-0.25, -0.2) is 4.79 Å². The van der Waals surface area contributed by atoms with Crippen molar-refractivity contribution in [1.29, 1.82) is 0 Å². The molecule has 1 aliphatic heterocycles. The van der Waals surface area contributed by atoms with E-state index in [2.05, 4.69) is 16.0 Å². The maximum absolute atomic E-state index is 13.0. The second-order valence-electron chi connectivity index (χ2n) is 6.69. The number of carbonyl (C=O) groups is 2. The first-order valence-electron chi connectivity index (χ1n) is 8.67. The maximum Gasteiger partial charge on any atom is 0.319 e. The number of nitro benzene ring substituents is 1. The number of non-ortho nitro benzene ring substituents is 1. The molecular weight excluding hydrogens is 360 g/mol. The lowest BCUT2D eigenvalue weighted by Gasteiger charge is -2.28. The molecule has 1 aliphatic rings. The number of anilines is 1. The number of nitrogens with one attached hydrogen (secondary N) is 3. The summed E-state index contributed by atoms with van der Waals surface area (Å²) in [5.74, 6) is -0.395. The van der Waals surface area contributed by atoms with E-state index < -0.39 is 22.9 Å². The topological polar surface area (TPSA) is 113 Å². The van der Waals surface area contributed by atoms with Gasteiger partial charge in [-0.1, -0.05) is 29.8 Å². The highest BCUT2D eigenvalue weighted by Crippen LogP contribution is 2.30. The number of allylic oxidation sites excluding steroid dienone is 1. The van der Waals surface area contributed by atoms with Gasteiger partial charge in [0.2, 0.25) is 0 Å². The summed E-state index contributed by atoms with van der Waals surface area (Å²) in [6.07, 6.45) is 0. The summed E-state index contributed by atoms with van der Waals surface area (Å²) in [5.41, 5.74) is 3.66. The zero-order valence-corrected chi connectivity index (χ0v) is 15.7. The third-order valence-corrected chi connectivity index (χ3v) is 4.56. The lowest BCUT2D eigenvalue weighted by molar-refractivity contribution is -0.384. The van der Waals surface area contributed by atoms with Crippen LogP contribution in [0.4, 0.5) is 16.2 Å². The van der Waals surface area contributed by atoms with E-state index in [-0.39, 0.29) is 5.69 Å². The maximum atomic E-state index is 13.0. The number of hydrogen-bond donors (Lipinski definition) is 3. The number of amides is 3. The molecule has 2 aromatic rings. The first kappa shape index (κ1) is 19.1. The van der Waals surface area contributed by atoms with Gasteiger partial charge < -0.3 is 16.0 Å². The number of rotatable bonds is 4. The molecule has 1 heterocycles. The fourth-order valence-corrected chi connectivity index (χ4v) is 3.21. The molecule has 144 valence electrons. The van der Waals surface area contributed by atoms with Gasteiger partial charge in [0.15, 0.2) is 0 Å². The van der Waals surface area contributed by atoms with Crippen LogP contribution in [0.3, 0.4) is 0 Å². The van der Waals surface area contributed by atoms with Crippen LogP contribution in [-0.4, -0.2) is 16.9 Å². The first-order valence-corrected chi connectivity index (χ1v) is 8.67. The molecule has 0 unspecified atom stereocenters. The summed E-state index contributed by atoms with van der Waals surface area (Å²) in [5, 5.41) is 19.2. The first-order chi connectivity index (χ1) is 13.3. The Morgan fingerprint density at radius 1 is 1.14 bits per heavy atom. The van der Waals surface area contributed by atoms with Crippen molar-refractivity contribution in [3.63, 3.8) is 0 Å². The molecular formula is C20H20N4O4. The molecule has 3 N–H and O–H groups in total. The van der Waals surface area contributed by atoms with Crippen LogP contribution < -0.4 is 16.0 Å². The van der Waals surface area contributed by atoms with Crippen molar-refractivity contribution in [3.05, 3.63) is 80.5 Å². The van der Waals surface area contributed by atoms with Gasteiger partial charge in [-0.15, -0.1) is 0 Å².